The van der Waals surface area contributed by atoms with Gasteiger partial charge in [0.15, 0.2) is 0 Å². The third-order valence-electron chi connectivity index (χ3n) is 6.64. The highest BCUT2D eigenvalue weighted by atomic mass is 16.7. The molecule has 164 valence electrons. The Morgan fingerprint density at radius 2 is 1.37 bits per heavy atom. The summed E-state index contributed by atoms with van der Waals surface area (Å²) in [6.45, 7) is 28.1. The normalized spacial score (nSPS) is 20.2. The van der Waals surface area contributed by atoms with Crippen LogP contribution in [-0.4, -0.2) is 18.3 Å². The van der Waals surface area contributed by atoms with E-state index >= 15 is 0 Å². The standard InChI is InChI=1S/C27H41BO2/c1-13-22(20-14-16-21(17-15-20)25(6,7)8)23(18-19(2)24(3,4)5)28-29-26(9,10)27(11,12)30-28/h13-18H,1H2,2-12H3/b19-18+,23-22-. The molecule has 0 bridgehead atoms. The molecule has 0 radical (unpaired) electrons. The number of hydrogen-bond acceptors (Lipinski definition) is 2. The molecule has 3 heteroatoms. The zero-order valence-corrected chi connectivity index (χ0v) is 21.1. The van der Waals surface area contributed by atoms with Gasteiger partial charge in [0.2, 0.25) is 0 Å². The highest BCUT2D eigenvalue weighted by Crippen LogP contribution is 2.41. The summed E-state index contributed by atoms with van der Waals surface area (Å²) in [5.74, 6) is 0. The summed E-state index contributed by atoms with van der Waals surface area (Å²) in [6, 6.07) is 8.79. The van der Waals surface area contributed by atoms with Gasteiger partial charge in [0, 0.05) is 0 Å². The first-order valence-electron chi connectivity index (χ1n) is 11.0. The minimum Gasteiger partial charge on any atom is -0.399 e. The Bertz CT molecular complexity index is 824. The maximum Gasteiger partial charge on any atom is 0.495 e. The van der Waals surface area contributed by atoms with Gasteiger partial charge in [-0.15, -0.1) is 0 Å². The van der Waals surface area contributed by atoms with Crippen molar-refractivity contribution >= 4 is 12.7 Å². The van der Waals surface area contributed by atoms with Crippen molar-refractivity contribution in [3.8, 4) is 0 Å². The molecule has 1 heterocycles. The van der Waals surface area contributed by atoms with Crippen molar-refractivity contribution in [3.63, 3.8) is 0 Å². The maximum atomic E-state index is 6.45. The average Bonchev–Trinajstić information content (AvgIpc) is 2.80. The fourth-order valence-corrected chi connectivity index (χ4v) is 3.24. The topological polar surface area (TPSA) is 18.5 Å². The van der Waals surface area contributed by atoms with Crippen molar-refractivity contribution < 1.29 is 9.31 Å². The van der Waals surface area contributed by atoms with E-state index in [1.165, 1.54) is 11.1 Å². The molecule has 0 saturated carbocycles. The molecule has 0 spiro atoms. The quantitative estimate of drug-likeness (QED) is 0.378. The van der Waals surface area contributed by atoms with Crippen LogP contribution in [0.3, 0.4) is 0 Å². The molecule has 2 nitrogen and oxygen atoms in total. The lowest BCUT2D eigenvalue weighted by atomic mass is 9.71. The smallest absolute Gasteiger partial charge is 0.399 e. The monoisotopic (exact) mass is 408 g/mol. The van der Waals surface area contributed by atoms with Gasteiger partial charge < -0.3 is 9.31 Å². The van der Waals surface area contributed by atoms with E-state index in [2.05, 4.69) is 113 Å². The van der Waals surface area contributed by atoms with Crippen LogP contribution in [0.5, 0.6) is 0 Å². The molecule has 1 aromatic carbocycles. The van der Waals surface area contributed by atoms with Crippen molar-refractivity contribution in [3.05, 3.63) is 65.2 Å². The van der Waals surface area contributed by atoms with E-state index in [1.54, 1.807) is 0 Å². The zero-order chi connectivity index (χ0) is 23.1. The van der Waals surface area contributed by atoms with Gasteiger partial charge in [-0.1, -0.05) is 90.1 Å². The van der Waals surface area contributed by atoms with E-state index in [0.29, 0.717) is 0 Å². The summed E-state index contributed by atoms with van der Waals surface area (Å²) < 4.78 is 12.9. The van der Waals surface area contributed by atoms with Gasteiger partial charge in [-0.05, 0) is 67.6 Å². The summed E-state index contributed by atoms with van der Waals surface area (Å²) in [7, 11) is -0.442. The Kier molecular flexibility index (Phi) is 6.72. The largest absolute Gasteiger partial charge is 0.495 e. The highest BCUT2D eigenvalue weighted by Gasteiger charge is 2.52. The molecule has 1 aliphatic heterocycles. The molecule has 1 fully saturated rings. The average molecular weight is 408 g/mol. The number of allylic oxidation sites excluding steroid dienone is 5. The van der Waals surface area contributed by atoms with Crippen LogP contribution >= 0.6 is 0 Å². The molecule has 0 aromatic heterocycles. The summed E-state index contributed by atoms with van der Waals surface area (Å²) in [5, 5.41) is 0. The molecule has 1 aliphatic rings. The van der Waals surface area contributed by atoms with Gasteiger partial charge in [-0.25, -0.2) is 0 Å². The van der Waals surface area contributed by atoms with Crippen LogP contribution in [0, 0.1) is 5.41 Å². The molecule has 0 N–H and O–H groups in total. The van der Waals surface area contributed by atoms with Gasteiger partial charge in [0.25, 0.3) is 0 Å². The molecule has 30 heavy (non-hydrogen) atoms. The first-order valence-corrected chi connectivity index (χ1v) is 11.0. The predicted octanol–water partition coefficient (Wildman–Crippen LogP) is 7.55. The molecule has 0 unspecified atom stereocenters. The van der Waals surface area contributed by atoms with Crippen molar-refractivity contribution in [2.45, 2.75) is 92.8 Å². The van der Waals surface area contributed by atoms with E-state index < -0.39 is 18.3 Å². The van der Waals surface area contributed by atoms with Crippen molar-refractivity contribution in [2.24, 2.45) is 5.41 Å². The first-order chi connectivity index (χ1) is 13.5. The third kappa shape index (κ3) is 5.18. The number of hydrogen-bond donors (Lipinski definition) is 0. The van der Waals surface area contributed by atoms with E-state index in [1.807, 2.05) is 6.08 Å². The van der Waals surface area contributed by atoms with Crippen LogP contribution in [0.1, 0.15) is 87.3 Å². The van der Waals surface area contributed by atoms with Gasteiger partial charge >= 0.3 is 7.12 Å². The Morgan fingerprint density at radius 1 is 0.900 bits per heavy atom. The lowest BCUT2D eigenvalue weighted by molar-refractivity contribution is 0.00578. The number of rotatable bonds is 4. The first kappa shape index (κ1) is 24.7. The molecule has 1 saturated heterocycles. The molecule has 0 amide bonds. The highest BCUT2D eigenvalue weighted by molar-refractivity contribution is 6.57. The van der Waals surface area contributed by atoms with Crippen LogP contribution in [0.2, 0.25) is 0 Å². The van der Waals surface area contributed by atoms with Crippen LogP contribution in [0.25, 0.3) is 5.57 Å². The van der Waals surface area contributed by atoms with E-state index in [0.717, 1.165) is 16.6 Å². The molecular weight excluding hydrogens is 367 g/mol. The fourth-order valence-electron chi connectivity index (χ4n) is 3.24. The Balaban J connectivity index is 2.67. The molecule has 0 atom stereocenters. The lowest BCUT2D eigenvalue weighted by Gasteiger charge is -2.32. The second kappa shape index (κ2) is 8.17. The molecule has 2 rings (SSSR count). The van der Waals surface area contributed by atoms with Crippen molar-refractivity contribution in [2.75, 3.05) is 0 Å². The Labute approximate surface area is 185 Å². The minimum atomic E-state index is -0.442. The van der Waals surface area contributed by atoms with Crippen molar-refractivity contribution in [1.29, 1.82) is 0 Å². The Hall–Kier alpha value is -1.58. The lowest BCUT2D eigenvalue weighted by Crippen LogP contribution is -2.41. The minimum absolute atomic E-state index is 0.0528. The van der Waals surface area contributed by atoms with Gasteiger partial charge in [0.1, 0.15) is 0 Å². The second-order valence-corrected chi connectivity index (χ2v) is 11.6. The summed E-state index contributed by atoms with van der Waals surface area (Å²) >= 11 is 0. The second-order valence-electron chi connectivity index (χ2n) is 11.6. The van der Waals surface area contributed by atoms with Gasteiger partial charge in [0.05, 0.1) is 11.2 Å². The van der Waals surface area contributed by atoms with E-state index in [4.69, 9.17) is 9.31 Å². The van der Waals surface area contributed by atoms with Crippen LogP contribution in [0.15, 0.2) is 54.0 Å². The third-order valence-corrected chi connectivity index (χ3v) is 6.64. The summed E-state index contributed by atoms with van der Waals surface area (Å²) in [5.41, 5.74) is 5.18. The van der Waals surface area contributed by atoms with E-state index in [9.17, 15) is 0 Å². The zero-order valence-electron chi connectivity index (χ0n) is 21.1. The SMILES string of the molecule is C=C/C(=C(\C=C(/C)C(C)(C)C)B1OC(C)(C)C(C)(C)O1)c1ccc(C(C)(C)C)cc1. The Morgan fingerprint density at radius 3 is 1.73 bits per heavy atom. The van der Waals surface area contributed by atoms with E-state index in [-0.39, 0.29) is 10.8 Å². The number of benzene rings is 1. The molecule has 0 aliphatic carbocycles. The fraction of sp³-hybridized carbons (Fsp3) is 0.556. The van der Waals surface area contributed by atoms with Crippen LogP contribution in [0.4, 0.5) is 0 Å². The molecular formula is C27H41BO2. The van der Waals surface area contributed by atoms with Gasteiger partial charge in [-0.2, -0.15) is 0 Å². The van der Waals surface area contributed by atoms with Crippen LogP contribution in [-0.2, 0) is 14.7 Å². The van der Waals surface area contributed by atoms with Gasteiger partial charge in [-0.3, -0.25) is 0 Å². The van der Waals surface area contributed by atoms with Crippen molar-refractivity contribution in [1.82, 2.24) is 0 Å². The van der Waals surface area contributed by atoms with Crippen LogP contribution < -0.4 is 0 Å². The predicted molar refractivity (Wildman–Crippen MR) is 132 cm³/mol. The summed E-state index contributed by atoms with van der Waals surface area (Å²) in [6.07, 6.45) is 4.16. The maximum absolute atomic E-state index is 6.45. The molecule has 1 aromatic rings. The summed E-state index contributed by atoms with van der Waals surface area (Å²) in [4.78, 5) is 0.